The number of rotatable bonds is 5. The fourth-order valence-electron chi connectivity index (χ4n) is 3.46. The summed E-state index contributed by atoms with van der Waals surface area (Å²) in [5.74, 6) is -3.10. The topological polar surface area (TPSA) is 95.3 Å². The molecule has 0 unspecified atom stereocenters. The van der Waals surface area contributed by atoms with Gasteiger partial charge < -0.3 is 15.2 Å². The molecule has 11 heteroatoms. The Hall–Kier alpha value is -2.97. The number of aromatic hydroxyl groups is 2. The van der Waals surface area contributed by atoms with E-state index >= 15 is 0 Å². The van der Waals surface area contributed by atoms with Crippen LogP contribution in [0.4, 0.5) is 4.39 Å². The highest BCUT2D eigenvalue weighted by atomic mass is 35.5. The van der Waals surface area contributed by atoms with E-state index in [-0.39, 0.29) is 54.3 Å². The zero-order valence-electron chi connectivity index (χ0n) is 17.1. The number of H-pyrrole nitrogens is 1. The second-order valence-electron chi connectivity index (χ2n) is 7.32. The number of benzene rings is 2. The molecule has 174 valence electrons. The van der Waals surface area contributed by atoms with Gasteiger partial charge in [-0.2, -0.15) is 0 Å². The molecule has 0 saturated carbocycles. The highest BCUT2D eigenvalue weighted by Gasteiger charge is 2.30. The first-order valence-electron chi connectivity index (χ1n) is 9.52. The lowest BCUT2D eigenvalue weighted by Crippen LogP contribution is -2.13. The number of nitrogens with zero attached hydrogens (tertiary/aromatic N) is 1. The van der Waals surface area contributed by atoms with Crippen LogP contribution in [0.1, 0.15) is 37.7 Å². The van der Waals surface area contributed by atoms with Gasteiger partial charge in [-0.15, -0.1) is 0 Å². The summed E-state index contributed by atoms with van der Waals surface area (Å²) in [7, 11) is 0. The summed E-state index contributed by atoms with van der Waals surface area (Å²) in [4.78, 5) is 29.2. The molecule has 2 aromatic carbocycles. The number of aromatic amines is 1. The number of aryl methyl sites for hydroxylation is 1. The first-order chi connectivity index (χ1) is 16.0. The lowest BCUT2D eigenvalue weighted by atomic mass is 10.0. The quantitative estimate of drug-likeness (QED) is 0.244. The molecule has 6 nitrogen and oxygen atoms in total. The predicted molar refractivity (Wildman–Crippen MR) is 128 cm³/mol. The molecule has 0 aliphatic carbocycles. The van der Waals surface area contributed by atoms with E-state index in [2.05, 4.69) is 4.98 Å². The Morgan fingerprint density at radius 2 is 1.53 bits per heavy atom. The van der Waals surface area contributed by atoms with E-state index in [0.29, 0.717) is 0 Å². The maximum absolute atomic E-state index is 13.4. The second kappa shape index (κ2) is 9.00. The average Bonchev–Trinajstić information content (AvgIpc) is 3.22. The van der Waals surface area contributed by atoms with E-state index in [4.69, 9.17) is 46.4 Å². The van der Waals surface area contributed by atoms with Crippen LogP contribution in [0.3, 0.4) is 0 Å². The smallest absolute Gasteiger partial charge is 0.215 e. The first kappa shape index (κ1) is 24.2. The molecule has 3 N–H and O–H groups in total. The lowest BCUT2D eigenvalue weighted by Gasteiger charge is -2.13. The number of phenolic OH excluding ortho intramolecular Hbond substituents is 2. The van der Waals surface area contributed by atoms with Crippen LogP contribution in [0, 0.1) is 12.7 Å². The summed E-state index contributed by atoms with van der Waals surface area (Å²) >= 11 is 25.1. The first-order valence-corrected chi connectivity index (χ1v) is 11.0. The van der Waals surface area contributed by atoms with Crippen molar-refractivity contribution in [1.29, 1.82) is 0 Å². The maximum Gasteiger partial charge on any atom is 0.215 e. The van der Waals surface area contributed by atoms with Crippen molar-refractivity contribution in [2.24, 2.45) is 0 Å². The van der Waals surface area contributed by atoms with Crippen LogP contribution < -0.4 is 0 Å². The van der Waals surface area contributed by atoms with Crippen LogP contribution in [-0.2, 0) is 0 Å². The number of hydrogen-bond acceptors (Lipinski definition) is 4. The van der Waals surface area contributed by atoms with Crippen LogP contribution in [0.2, 0.25) is 20.4 Å². The van der Waals surface area contributed by atoms with Gasteiger partial charge in [-0.05, 0) is 42.8 Å². The Morgan fingerprint density at radius 3 is 2.18 bits per heavy atom. The molecule has 2 heterocycles. The average molecular weight is 542 g/mol. The molecule has 0 fully saturated rings. The number of carbonyl (C=O) groups is 2. The van der Waals surface area contributed by atoms with E-state index in [1.165, 1.54) is 18.2 Å². The predicted octanol–water partition coefficient (Wildman–Crippen LogP) is 6.74. The normalized spacial score (nSPS) is 11.1. The summed E-state index contributed by atoms with van der Waals surface area (Å²) in [6, 6.07) is 8.58. The van der Waals surface area contributed by atoms with Crippen molar-refractivity contribution in [1.82, 2.24) is 9.55 Å². The summed E-state index contributed by atoms with van der Waals surface area (Å²) in [5.41, 5.74) is -0.0484. The minimum absolute atomic E-state index is 0.0342. The van der Waals surface area contributed by atoms with Gasteiger partial charge in [0.05, 0.1) is 27.5 Å². The molecular weight excluding hydrogens is 529 g/mol. The third-order valence-corrected chi connectivity index (χ3v) is 6.56. The number of aromatic nitrogens is 2. The highest BCUT2D eigenvalue weighted by molar-refractivity contribution is 6.45. The molecule has 0 radical (unpaired) electrons. The van der Waals surface area contributed by atoms with Gasteiger partial charge in [-0.1, -0.05) is 52.5 Å². The second-order valence-corrected chi connectivity index (χ2v) is 8.84. The van der Waals surface area contributed by atoms with Crippen molar-refractivity contribution in [2.45, 2.75) is 6.92 Å². The lowest BCUT2D eigenvalue weighted by molar-refractivity contribution is 0.101. The zero-order valence-corrected chi connectivity index (χ0v) is 20.1. The van der Waals surface area contributed by atoms with E-state index in [1.807, 2.05) is 0 Å². The van der Waals surface area contributed by atoms with Crippen molar-refractivity contribution < 1.29 is 24.2 Å². The molecule has 0 saturated heterocycles. The fourth-order valence-corrected chi connectivity index (χ4v) is 4.29. The molecule has 0 amide bonds. The Morgan fingerprint density at radius 1 is 0.912 bits per heavy atom. The Bertz CT molecular complexity index is 1380. The van der Waals surface area contributed by atoms with Gasteiger partial charge in [0, 0.05) is 6.07 Å². The maximum atomic E-state index is 13.4. The summed E-state index contributed by atoms with van der Waals surface area (Å²) < 4.78 is 14.5. The van der Waals surface area contributed by atoms with Crippen LogP contribution in [0.5, 0.6) is 11.5 Å². The van der Waals surface area contributed by atoms with E-state index in [1.54, 1.807) is 13.0 Å². The van der Waals surface area contributed by atoms with Gasteiger partial charge >= 0.3 is 0 Å². The van der Waals surface area contributed by atoms with Crippen molar-refractivity contribution in [2.75, 3.05) is 0 Å². The molecule has 0 aliphatic rings. The number of halogens is 5. The fraction of sp³-hybridized carbons (Fsp3) is 0.0435. The van der Waals surface area contributed by atoms with Gasteiger partial charge in [0.2, 0.25) is 11.6 Å². The van der Waals surface area contributed by atoms with E-state index in [0.717, 1.165) is 28.3 Å². The Labute approximate surface area is 212 Å². The summed E-state index contributed by atoms with van der Waals surface area (Å²) in [5, 5.41) is 19.9. The minimum atomic E-state index is -0.807. The van der Waals surface area contributed by atoms with Crippen molar-refractivity contribution in [3.8, 4) is 17.2 Å². The van der Waals surface area contributed by atoms with E-state index in [9.17, 15) is 24.2 Å². The largest absolute Gasteiger partial charge is 0.507 e. The monoisotopic (exact) mass is 540 g/mol. The van der Waals surface area contributed by atoms with Crippen molar-refractivity contribution >= 4 is 58.0 Å². The molecule has 0 atom stereocenters. The van der Waals surface area contributed by atoms with Gasteiger partial charge in [-0.3, -0.25) is 14.2 Å². The minimum Gasteiger partial charge on any atom is -0.507 e. The number of ketones is 2. The van der Waals surface area contributed by atoms with Gasteiger partial charge in [0.25, 0.3) is 0 Å². The van der Waals surface area contributed by atoms with Crippen LogP contribution in [-0.4, -0.2) is 31.3 Å². The number of phenols is 2. The van der Waals surface area contributed by atoms with Crippen LogP contribution >= 0.6 is 46.4 Å². The zero-order chi connectivity index (χ0) is 24.9. The van der Waals surface area contributed by atoms with Gasteiger partial charge in [0.15, 0.2) is 0 Å². The number of carbonyl (C=O) groups excluding carboxylic acids is 2. The molecule has 0 bridgehead atoms. The third-order valence-electron chi connectivity index (χ3n) is 5.06. The Balaban J connectivity index is 1.95. The summed E-state index contributed by atoms with van der Waals surface area (Å²) in [6.45, 7) is 1.74. The van der Waals surface area contributed by atoms with Gasteiger partial charge in [0.1, 0.15) is 38.3 Å². The Kier molecular flexibility index (Phi) is 6.40. The summed E-state index contributed by atoms with van der Waals surface area (Å²) in [6.07, 6.45) is 0. The molecule has 0 aliphatic heterocycles. The van der Waals surface area contributed by atoms with Gasteiger partial charge in [-0.25, -0.2) is 4.39 Å². The van der Waals surface area contributed by atoms with Crippen molar-refractivity contribution in [3.63, 3.8) is 0 Å². The number of hydrogen-bond donors (Lipinski definition) is 3. The molecule has 4 aromatic rings. The van der Waals surface area contributed by atoms with E-state index < -0.39 is 23.1 Å². The van der Waals surface area contributed by atoms with Crippen molar-refractivity contribution in [3.05, 3.63) is 96.7 Å². The standard InChI is InChI=1S/C23H13Cl4FN2O4/c1-9-2-4-11(15(31)6-9)20(33)14-8-13(24)23(27)30(14)19-17(25)22(26)29-18(19)21(34)12-5-3-10(28)7-16(12)32/h2-8,29,31-32H,1H3. The SMILES string of the molecule is Cc1ccc(C(=O)c2cc(Cl)c(Cl)n2-c2c(C(=O)c3ccc(F)cc3O)[nH]c(Cl)c2Cl)c(O)c1. The third kappa shape index (κ3) is 4.05. The number of nitrogens with one attached hydrogen (secondary N) is 1. The molecule has 2 aromatic heterocycles. The van der Waals surface area contributed by atoms with Crippen LogP contribution in [0.25, 0.3) is 5.69 Å². The molecule has 0 spiro atoms. The molecule has 34 heavy (non-hydrogen) atoms. The molecule has 4 rings (SSSR count). The molecular formula is C23H13Cl4FN2O4. The highest BCUT2D eigenvalue weighted by Crippen LogP contribution is 2.40. The van der Waals surface area contributed by atoms with Crippen LogP contribution in [0.15, 0.2) is 42.5 Å².